The van der Waals surface area contributed by atoms with Crippen LogP contribution in [0.5, 0.6) is 5.75 Å². The highest BCUT2D eigenvalue weighted by molar-refractivity contribution is 9.10. The maximum absolute atomic E-state index is 11.9. The molecule has 148 valence electrons. The van der Waals surface area contributed by atoms with E-state index in [0.29, 0.717) is 12.3 Å². The molecule has 0 unspecified atom stereocenters. The maximum Gasteiger partial charge on any atom is 0.339 e. The number of nitrogens with zero attached hydrogens (tertiary/aromatic N) is 1. The molecule has 0 atom stereocenters. The van der Waals surface area contributed by atoms with Crippen LogP contribution >= 0.6 is 15.9 Å². The number of hydrazone groups is 1. The van der Waals surface area contributed by atoms with Gasteiger partial charge in [0.1, 0.15) is 12.4 Å². The molecule has 5 nitrogen and oxygen atoms in total. The number of para-hydroxylation sites is 1. The van der Waals surface area contributed by atoms with Crippen molar-refractivity contribution in [1.29, 1.82) is 0 Å². The number of aryl methyl sites for hydroxylation is 2. The average Bonchev–Trinajstić information content (AvgIpc) is 2.69. The summed E-state index contributed by atoms with van der Waals surface area (Å²) in [7, 11) is 0. The van der Waals surface area contributed by atoms with Crippen molar-refractivity contribution in [1.82, 2.24) is 5.43 Å². The van der Waals surface area contributed by atoms with E-state index in [0.717, 1.165) is 32.5 Å². The molecule has 0 saturated carbocycles. The van der Waals surface area contributed by atoms with Gasteiger partial charge in [-0.2, -0.15) is 5.10 Å². The molecule has 2 N–H and O–H groups in total. The molecule has 0 bridgehead atoms. The molecule has 0 aromatic heterocycles. The van der Waals surface area contributed by atoms with Gasteiger partial charge in [0.15, 0.2) is 0 Å². The second-order valence-corrected chi connectivity index (χ2v) is 7.50. The SMILES string of the molecule is Cc1cc(/C=N\NC(=O)Nc2ccccc2)cc(C)c1OCc1ccc(Br)cc1. The summed E-state index contributed by atoms with van der Waals surface area (Å²) in [6, 6.07) is 20.8. The lowest BCUT2D eigenvalue weighted by Gasteiger charge is -2.13. The Balaban J connectivity index is 1.58. The van der Waals surface area contributed by atoms with Gasteiger partial charge in [-0.1, -0.05) is 46.3 Å². The summed E-state index contributed by atoms with van der Waals surface area (Å²) in [4.78, 5) is 11.9. The van der Waals surface area contributed by atoms with E-state index < -0.39 is 6.03 Å². The number of benzene rings is 3. The molecule has 0 radical (unpaired) electrons. The summed E-state index contributed by atoms with van der Waals surface area (Å²) in [5, 5.41) is 6.73. The lowest BCUT2D eigenvalue weighted by atomic mass is 10.1. The largest absolute Gasteiger partial charge is 0.488 e. The van der Waals surface area contributed by atoms with Crippen LogP contribution in [0.4, 0.5) is 10.5 Å². The fraction of sp³-hybridized carbons (Fsp3) is 0.130. The molecule has 0 spiro atoms. The molecular weight excluding hydrogens is 430 g/mol. The van der Waals surface area contributed by atoms with Gasteiger partial charge in [-0.3, -0.25) is 0 Å². The first kappa shape index (κ1) is 20.6. The lowest BCUT2D eigenvalue weighted by molar-refractivity contribution is 0.252. The van der Waals surface area contributed by atoms with Gasteiger partial charge in [0, 0.05) is 10.2 Å². The summed E-state index contributed by atoms with van der Waals surface area (Å²) in [5.41, 5.74) is 7.19. The highest BCUT2D eigenvalue weighted by Crippen LogP contribution is 2.25. The zero-order chi connectivity index (χ0) is 20.6. The fourth-order valence-electron chi connectivity index (χ4n) is 2.87. The van der Waals surface area contributed by atoms with E-state index in [1.54, 1.807) is 6.21 Å². The van der Waals surface area contributed by atoms with Crippen LogP contribution in [0.15, 0.2) is 76.3 Å². The molecule has 6 heteroatoms. The molecule has 3 rings (SSSR count). The standard InChI is InChI=1S/C23H22BrN3O2/c1-16-12-19(14-25-27-23(28)26-21-6-4-3-5-7-21)13-17(2)22(16)29-15-18-8-10-20(24)11-9-18/h3-14H,15H2,1-2H3,(H2,26,27,28)/b25-14-. The van der Waals surface area contributed by atoms with Crippen LogP contribution in [0.2, 0.25) is 0 Å². The van der Waals surface area contributed by atoms with Gasteiger partial charge in [-0.15, -0.1) is 0 Å². The van der Waals surface area contributed by atoms with Crippen molar-refractivity contribution in [2.75, 3.05) is 5.32 Å². The molecule has 3 aromatic carbocycles. The number of carbonyl (C=O) groups is 1. The van der Waals surface area contributed by atoms with E-state index >= 15 is 0 Å². The van der Waals surface area contributed by atoms with Gasteiger partial charge in [-0.25, -0.2) is 10.2 Å². The van der Waals surface area contributed by atoms with Crippen molar-refractivity contribution >= 4 is 33.9 Å². The highest BCUT2D eigenvalue weighted by Gasteiger charge is 2.07. The van der Waals surface area contributed by atoms with Gasteiger partial charge in [0.05, 0.1) is 6.21 Å². The van der Waals surface area contributed by atoms with E-state index in [1.807, 2.05) is 80.6 Å². The van der Waals surface area contributed by atoms with Crippen molar-refractivity contribution in [3.63, 3.8) is 0 Å². The number of halogens is 1. The predicted octanol–water partition coefficient (Wildman–Crippen LogP) is 5.80. The van der Waals surface area contributed by atoms with Crippen LogP contribution in [0.3, 0.4) is 0 Å². The van der Waals surface area contributed by atoms with Gasteiger partial charge in [0.25, 0.3) is 0 Å². The fourth-order valence-corrected chi connectivity index (χ4v) is 3.13. The first-order valence-corrected chi connectivity index (χ1v) is 9.94. The lowest BCUT2D eigenvalue weighted by Crippen LogP contribution is -2.24. The van der Waals surface area contributed by atoms with Gasteiger partial charge >= 0.3 is 6.03 Å². The average molecular weight is 452 g/mol. The Labute approximate surface area is 178 Å². The van der Waals surface area contributed by atoms with Crippen LogP contribution in [0.1, 0.15) is 22.3 Å². The van der Waals surface area contributed by atoms with Crippen molar-refractivity contribution < 1.29 is 9.53 Å². The van der Waals surface area contributed by atoms with E-state index in [9.17, 15) is 4.79 Å². The Morgan fingerprint density at radius 3 is 2.34 bits per heavy atom. The van der Waals surface area contributed by atoms with Crippen molar-refractivity contribution in [3.05, 3.63) is 93.5 Å². The van der Waals surface area contributed by atoms with E-state index in [4.69, 9.17) is 4.74 Å². The number of urea groups is 1. The smallest absolute Gasteiger partial charge is 0.339 e. The Kier molecular flexibility index (Phi) is 7.03. The molecule has 0 heterocycles. The van der Waals surface area contributed by atoms with Crippen molar-refractivity contribution in [3.8, 4) is 5.75 Å². The summed E-state index contributed by atoms with van der Waals surface area (Å²) < 4.78 is 7.06. The molecule has 2 amide bonds. The first-order chi connectivity index (χ1) is 14.0. The quantitative estimate of drug-likeness (QED) is 0.367. The highest BCUT2D eigenvalue weighted by atomic mass is 79.9. The van der Waals surface area contributed by atoms with Crippen LogP contribution in [0, 0.1) is 13.8 Å². The van der Waals surface area contributed by atoms with Crippen molar-refractivity contribution in [2.24, 2.45) is 5.10 Å². The molecule has 0 aliphatic carbocycles. The van der Waals surface area contributed by atoms with E-state index in [2.05, 4.69) is 31.8 Å². The van der Waals surface area contributed by atoms with E-state index in [-0.39, 0.29) is 0 Å². The molecular formula is C23H22BrN3O2. The number of hydrogen-bond donors (Lipinski definition) is 2. The Bertz CT molecular complexity index is 979. The Morgan fingerprint density at radius 1 is 1.03 bits per heavy atom. The number of rotatable bonds is 6. The monoisotopic (exact) mass is 451 g/mol. The van der Waals surface area contributed by atoms with Gasteiger partial charge < -0.3 is 10.1 Å². The second-order valence-electron chi connectivity index (χ2n) is 6.59. The number of nitrogens with one attached hydrogen (secondary N) is 2. The Hall–Kier alpha value is -3.12. The third kappa shape index (κ3) is 6.19. The zero-order valence-electron chi connectivity index (χ0n) is 16.3. The van der Waals surface area contributed by atoms with Crippen LogP contribution in [0.25, 0.3) is 0 Å². The number of anilines is 1. The Morgan fingerprint density at radius 2 is 1.69 bits per heavy atom. The summed E-state index contributed by atoms with van der Waals surface area (Å²) in [6.07, 6.45) is 1.61. The third-order valence-electron chi connectivity index (χ3n) is 4.19. The summed E-state index contributed by atoms with van der Waals surface area (Å²) in [6.45, 7) is 4.50. The number of ether oxygens (including phenoxy) is 1. The van der Waals surface area contributed by atoms with E-state index in [1.165, 1.54) is 0 Å². The minimum Gasteiger partial charge on any atom is -0.488 e. The first-order valence-electron chi connectivity index (χ1n) is 9.15. The molecule has 0 fully saturated rings. The maximum atomic E-state index is 11.9. The van der Waals surface area contributed by atoms with Crippen LogP contribution in [-0.4, -0.2) is 12.2 Å². The zero-order valence-corrected chi connectivity index (χ0v) is 17.9. The second kappa shape index (κ2) is 9.89. The van der Waals surface area contributed by atoms with Gasteiger partial charge in [0.2, 0.25) is 0 Å². The topological polar surface area (TPSA) is 62.7 Å². The van der Waals surface area contributed by atoms with Gasteiger partial charge in [-0.05, 0) is 72.5 Å². The molecule has 29 heavy (non-hydrogen) atoms. The minimum absolute atomic E-state index is 0.393. The summed E-state index contributed by atoms with van der Waals surface area (Å²) in [5.74, 6) is 0.861. The number of hydrogen-bond acceptors (Lipinski definition) is 3. The number of carbonyl (C=O) groups excluding carboxylic acids is 1. The third-order valence-corrected chi connectivity index (χ3v) is 4.72. The predicted molar refractivity (Wildman–Crippen MR) is 121 cm³/mol. The minimum atomic E-state index is -0.393. The summed E-state index contributed by atoms with van der Waals surface area (Å²) >= 11 is 3.44. The van der Waals surface area contributed by atoms with Crippen molar-refractivity contribution in [2.45, 2.75) is 20.5 Å². The van der Waals surface area contributed by atoms with Crippen LogP contribution in [-0.2, 0) is 6.61 Å². The molecule has 0 aliphatic rings. The van der Waals surface area contributed by atoms with Crippen LogP contribution < -0.4 is 15.5 Å². The number of amides is 2. The molecule has 0 aliphatic heterocycles. The molecule has 0 saturated heterocycles. The molecule has 3 aromatic rings. The normalized spacial score (nSPS) is 10.7.